The maximum atomic E-state index is 12.8. The molecule has 3 amide bonds. The number of amides is 3. The zero-order valence-corrected chi connectivity index (χ0v) is 20.5. The number of carbonyl (C=O) groups excluding carboxylic acids is 3. The Bertz CT molecular complexity index is 1030. The first-order chi connectivity index (χ1) is 17.0. The van der Waals surface area contributed by atoms with Crippen LogP contribution in [0, 0.1) is 11.8 Å². The molecular weight excluding hydrogens is 473 g/mol. The minimum absolute atomic E-state index is 0.000144. The summed E-state index contributed by atoms with van der Waals surface area (Å²) in [5, 5.41) is 8.33. The van der Waals surface area contributed by atoms with Gasteiger partial charge in [-0.05, 0) is 63.6 Å². The second-order valence-electron chi connectivity index (χ2n) is 10.2. The highest BCUT2D eigenvalue weighted by Crippen LogP contribution is 2.37. The van der Waals surface area contributed by atoms with E-state index in [0.29, 0.717) is 17.9 Å². The van der Waals surface area contributed by atoms with Crippen molar-refractivity contribution in [2.75, 3.05) is 19.6 Å². The molecule has 2 aliphatic heterocycles. The van der Waals surface area contributed by atoms with Crippen LogP contribution in [0.3, 0.4) is 0 Å². The molecule has 0 bridgehead atoms. The van der Waals surface area contributed by atoms with Crippen LogP contribution in [0.15, 0.2) is 35.9 Å². The van der Waals surface area contributed by atoms with Crippen molar-refractivity contribution in [3.63, 3.8) is 0 Å². The Morgan fingerprint density at radius 2 is 1.83 bits per heavy atom. The molecule has 10 heteroatoms. The zero-order valence-electron chi connectivity index (χ0n) is 20.5. The molecule has 3 N–H and O–H groups in total. The first kappa shape index (κ1) is 26.2. The average Bonchev–Trinajstić information content (AvgIpc) is 2.81. The van der Waals surface area contributed by atoms with Crippen LogP contribution in [0.5, 0.6) is 0 Å². The Labute approximate surface area is 208 Å². The molecule has 2 fully saturated rings. The molecule has 0 aromatic heterocycles. The molecule has 4 rings (SSSR count). The maximum Gasteiger partial charge on any atom is 0.416 e. The van der Waals surface area contributed by atoms with Gasteiger partial charge in [0.25, 0.3) is 5.91 Å². The number of halogens is 3. The molecule has 0 radical (unpaired) electrons. The second-order valence-corrected chi connectivity index (χ2v) is 10.2. The molecule has 196 valence electrons. The number of likely N-dealkylation sites (tertiary alicyclic amines) is 1. The Hall–Kier alpha value is -2.88. The van der Waals surface area contributed by atoms with Gasteiger partial charge in [0.05, 0.1) is 18.2 Å². The summed E-state index contributed by atoms with van der Waals surface area (Å²) in [7, 11) is 0. The highest BCUT2D eigenvalue weighted by molar-refractivity contribution is 5.96. The SMILES string of the molecule is CC1=CC(C2CCC(N3CC(NC(=O)CNC(=O)c4cccc(C(F)(F)F)c4)C3)CC2)C(C)NC1=O. The van der Waals surface area contributed by atoms with E-state index in [1.54, 1.807) is 0 Å². The quantitative estimate of drug-likeness (QED) is 0.554. The number of rotatable bonds is 6. The van der Waals surface area contributed by atoms with E-state index < -0.39 is 17.6 Å². The summed E-state index contributed by atoms with van der Waals surface area (Å²) in [5.74, 6) is -0.127. The molecule has 3 aliphatic rings. The Kier molecular flexibility index (Phi) is 7.73. The largest absolute Gasteiger partial charge is 0.416 e. The number of alkyl halides is 3. The predicted octanol–water partition coefficient (Wildman–Crippen LogP) is 2.88. The molecule has 1 aromatic carbocycles. The van der Waals surface area contributed by atoms with Gasteiger partial charge >= 0.3 is 6.18 Å². The van der Waals surface area contributed by atoms with Crippen molar-refractivity contribution in [1.29, 1.82) is 0 Å². The summed E-state index contributed by atoms with van der Waals surface area (Å²) in [6.07, 6.45) is 1.98. The fraction of sp³-hybridized carbons (Fsp3) is 0.577. The fourth-order valence-corrected chi connectivity index (χ4v) is 5.60. The van der Waals surface area contributed by atoms with E-state index >= 15 is 0 Å². The van der Waals surface area contributed by atoms with E-state index in [0.717, 1.165) is 56.5 Å². The lowest BCUT2D eigenvalue weighted by molar-refractivity contribution is -0.137. The van der Waals surface area contributed by atoms with Crippen LogP contribution in [-0.4, -0.2) is 60.4 Å². The van der Waals surface area contributed by atoms with Crippen molar-refractivity contribution in [2.45, 2.75) is 63.8 Å². The molecule has 1 aromatic rings. The van der Waals surface area contributed by atoms with E-state index in [4.69, 9.17) is 0 Å². The van der Waals surface area contributed by atoms with Crippen LogP contribution < -0.4 is 16.0 Å². The van der Waals surface area contributed by atoms with Crippen molar-refractivity contribution in [1.82, 2.24) is 20.9 Å². The van der Waals surface area contributed by atoms with Gasteiger partial charge in [-0.1, -0.05) is 12.1 Å². The van der Waals surface area contributed by atoms with Gasteiger partial charge in [0.1, 0.15) is 0 Å². The molecule has 2 unspecified atom stereocenters. The average molecular weight is 507 g/mol. The lowest BCUT2D eigenvalue weighted by Gasteiger charge is -2.47. The first-order valence-corrected chi connectivity index (χ1v) is 12.5. The number of benzene rings is 1. The van der Waals surface area contributed by atoms with Crippen molar-refractivity contribution in [3.8, 4) is 0 Å². The van der Waals surface area contributed by atoms with Crippen molar-refractivity contribution in [2.24, 2.45) is 11.8 Å². The number of hydrogen-bond acceptors (Lipinski definition) is 4. The van der Waals surface area contributed by atoms with Crippen LogP contribution in [0.25, 0.3) is 0 Å². The molecule has 7 nitrogen and oxygen atoms in total. The second kappa shape index (κ2) is 10.6. The fourth-order valence-electron chi connectivity index (χ4n) is 5.60. The van der Waals surface area contributed by atoms with Gasteiger partial charge in [-0.25, -0.2) is 0 Å². The summed E-state index contributed by atoms with van der Waals surface area (Å²) >= 11 is 0. The number of nitrogens with one attached hydrogen (secondary N) is 3. The summed E-state index contributed by atoms with van der Waals surface area (Å²) in [6, 6.07) is 4.75. The van der Waals surface area contributed by atoms with Crippen LogP contribution in [0.1, 0.15) is 55.5 Å². The maximum absolute atomic E-state index is 12.8. The van der Waals surface area contributed by atoms with Crippen LogP contribution in [0.4, 0.5) is 13.2 Å². The highest BCUT2D eigenvalue weighted by Gasteiger charge is 2.38. The van der Waals surface area contributed by atoms with E-state index in [-0.39, 0.29) is 36.0 Å². The molecule has 2 atom stereocenters. The number of hydrogen-bond donors (Lipinski definition) is 3. The van der Waals surface area contributed by atoms with Gasteiger partial charge in [0.2, 0.25) is 11.8 Å². The van der Waals surface area contributed by atoms with Crippen LogP contribution in [0.2, 0.25) is 0 Å². The Morgan fingerprint density at radius 1 is 1.14 bits per heavy atom. The monoisotopic (exact) mass is 506 g/mol. The van der Waals surface area contributed by atoms with Gasteiger partial charge in [-0.2, -0.15) is 13.2 Å². The molecular formula is C26H33F3N4O3. The van der Waals surface area contributed by atoms with Gasteiger partial charge in [-0.15, -0.1) is 0 Å². The summed E-state index contributed by atoms with van der Waals surface area (Å²) in [6.45, 7) is 5.14. The smallest absolute Gasteiger partial charge is 0.349 e. The summed E-state index contributed by atoms with van der Waals surface area (Å²) in [5.41, 5.74) is -0.249. The normalized spacial score (nSPS) is 27.5. The molecule has 36 heavy (non-hydrogen) atoms. The predicted molar refractivity (Wildman–Crippen MR) is 128 cm³/mol. The van der Waals surface area contributed by atoms with Crippen LogP contribution >= 0.6 is 0 Å². The first-order valence-electron chi connectivity index (χ1n) is 12.5. The third-order valence-corrected chi connectivity index (χ3v) is 7.68. The Morgan fingerprint density at radius 3 is 2.50 bits per heavy atom. The molecule has 2 heterocycles. The molecule has 1 aliphatic carbocycles. The van der Waals surface area contributed by atoms with Gasteiger partial charge in [-0.3, -0.25) is 19.3 Å². The van der Waals surface area contributed by atoms with Gasteiger partial charge in [0, 0.05) is 42.2 Å². The van der Waals surface area contributed by atoms with E-state index in [9.17, 15) is 27.6 Å². The summed E-state index contributed by atoms with van der Waals surface area (Å²) < 4.78 is 38.5. The molecule has 1 saturated carbocycles. The number of nitrogens with zero attached hydrogens (tertiary/aromatic N) is 1. The van der Waals surface area contributed by atoms with E-state index in [2.05, 4.69) is 33.9 Å². The minimum atomic E-state index is -4.54. The number of carbonyl (C=O) groups is 3. The van der Waals surface area contributed by atoms with Gasteiger partial charge < -0.3 is 16.0 Å². The lowest BCUT2D eigenvalue weighted by Crippen LogP contribution is -2.63. The van der Waals surface area contributed by atoms with Crippen LogP contribution in [-0.2, 0) is 15.8 Å². The topological polar surface area (TPSA) is 90.5 Å². The summed E-state index contributed by atoms with van der Waals surface area (Å²) in [4.78, 5) is 38.6. The van der Waals surface area contributed by atoms with Crippen molar-refractivity contribution >= 4 is 17.7 Å². The standard InChI is InChI=1S/C26H33F3N4O3/c1-15-10-22(16(2)31-24(15)35)17-6-8-21(9-7-17)33-13-20(14-33)32-23(34)12-30-25(36)18-4-3-5-19(11-18)26(27,28)29/h3-5,10-11,16-17,20-22H,6-9,12-14H2,1-2H3,(H,30,36)(H,31,35)(H,32,34). The minimum Gasteiger partial charge on any atom is -0.349 e. The molecule has 0 spiro atoms. The zero-order chi connectivity index (χ0) is 26.0. The molecule has 1 saturated heterocycles. The van der Waals surface area contributed by atoms with Crippen molar-refractivity contribution < 1.29 is 27.6 Å². The van der Waals surface area contributed by atoms with E-state index in [1.807, 2.05) is 6.92 Å². The lowest BCUT2D eigenvalue weighted by atomic mass is 9.73. The highest BCUT2D eigenvalue weighted by atomic mass is 19.4. The van der Waals surface area contributed by atoms with Crippen molar-refractivity contribution in [3.05, 3.63) is 47.0 Å². The third-order valence-electron chi connectivity index (χ3n) is 7.68. The van der Waals surface area contributed by atoms with E-state index in [1.165, 1.54) is 12.1 Å². The third kappa shape index (κ3) is 6.08. The Balaban J connectivity index is 1.16. The van der Waals surface area contributed by atoms with Gasteiger partial charge in [0.15, 0.2) is 0 Å².